The number of carbonyl (C=O) groups excluding carboxylic acids is 1. The Labute approximate surface area is 125 Å². The van der Waals surface area contributed by atoms with Crippen molar-refractivity contribution in [3.05, 3.63) is 18.3 Å². The van der Waals surface area contributed by atoms with Gasteiger partial charge in [0.2, 0.25) is 5.91 Å². The predicted octanol–water partition coefficient (Wildman–Crippen LogP) is 1.24. The van der Waals surface area contributed by atoms with Crippen LogP contribution in [0.4, 0.5) is 11.5 Å². The summed E-state index contributed by atoms with van der Waals surface area (Å²) in [4.78, 5) is 18.7. The van der Waals surface area contributed by atoms with Crippen molar-refractivity contribution in [3.8, 4) is 0 Å². The van der Waals surface area contributed by atoms with Crippen molar-refractivity contribution in [1.29, 1.82) is 0 Å². The number of nitrogens with zero attached hydrogens (tertiary/aromatic N) is 2. The molecule has 0 radical (unpaired) electrons. The van der Waals surface area contributed by atoms with Crippen molar-refractivity contribution in [3.63, 3.8) is 0 Å². The van der Waals surface area contributed by atoms with Crippen molar-refractivity contribution in [2.24, 2.45) is 0 Å². The van der Waals surface area contributed by atoms with Crippen LogP contribution in [0.2, 0.25) is 0 Å². The fourth-order valence-electron chi connectivity index (χ4n) is 2.51. The molecule has 1 aromatic heterocycles. The zero-order valence-electron chi connectivity index (χ0n) is 12.9. The summed E-state index contributed by atoms with van der Waals surface area (Å²) in [6.07, 6.45) is 2.52. The number of aromatic nitrogens is 1. The maximum absolute atomic E-state index is 12.1. The average molecular weight is 292 g/mol. The molecule has 6 nitrogen and oxygen atoms in total. The third kappa shape index (κ3) is 3.92. The molecule has 0 aliphatic carbocycles. The lowest BCUT2D eigenvalue weighted by Crippen LogP contribution is -2.35. The van der Waals surface area contributed by atoms with Gasteiger partial charge in [-0.3, -0.25) is 4.79 Å². The van der Waals surface area contributed by atoms with E-state index < -0.39 is 0 Å². The van der Waals surface area contributed by atoms with E-state index in [2.05, 4.69) is 34.4 Å². The molecular weight excluding hydrogens is 268 g/mol. The lowest BCUT2D eigenvalue weighted by Gasteiger charge is -2.19. The zero-order valence-corrected chi connectivity index (χ0v) is 12.9. The first kappa shape index (κ1) is 15.7. The number of anilines is 2. The normalized spacial score (nSPS) is 21.3. The van der Waals surface area contributed by atoms with E-state index in [0.29, 0.717) is 13.0 Å². The van der Waals surface area contributed by atoms with Gasteiger partial charge in [-0.2, -0.15) is 0 Å². The summed E-state index contributed by atoms with van der Waals surface area (Å²) < 4.78 is 5.25. The number of carbonyl (C=O) groups is 1. The first-order valence-corrected chi connectivity index (χ1v) is 7.46. The van der Waals surface area contributed by atoms with E-state index in [1.54, 1.807) is 13.3 Å². The highest BCUT2D eigenvalue weighted by molar-refractivity contribution is 5.95. The number of hydrogen-bond acceptors (Lipinski definition) is 5. The van der Waals surface area contributed by atoms with E-state index in [0.717, 1.165) is 24.6 Å². The van der Waals surface area contributed by atoms with E-state index in [4.69, 9.17) is 4.74 Å². The molecular formula is C15H24N4O2. The Morgan fingerprint density at radius 3 is 2.76 bits per heavy atom. The number of methoxy groups -OCH3 is 1. The molecule has 2 atom stereocenters. The minimum atomic E-state index is -0.197. The van der Waals surface area contributed by atoms with Gasteiger partial charge in [0.15, 0.2) is 0 Å². The lowest BCUT2D eigenvalue weighted by atomic mass is 10.2. The molecule has 0 saturated carbocycles. The van der Waals surface area contributed by atoms with Gasteiger partial charge in [0.05, 0.1) is 24.0 Å². The van der Waals surface area contributed by atoms with Gasteiger partial charge in [0.25, 0.3) is 0 Å². The third-order valence-electron chi connectivity index (χ3n) is 3.84. The number of rotatable bonds is 6. The molecule has 2 heterocycles. The van der Waals surface area contributed by atoms with Crippen LogP contribution in [0.15, 0.2) is 18.3 Å². The van der Waals surface area contributed by atoms with Crippen LogP contribution in [0.25, 0.3) is 0 Å². The number of hydrogen-bond donors (Lipinski definition) is 2. The number of nitrogens with one attached hydrogen (secondary N) is 2. The Morgan fingerprint density at radius 1 is 1.48 bits per heavy atom. The molecule has 0 bridgehead atoms. The monoisotopic (exact) mass is 292 g/mol. The van der Waals surface area contributed by atoms with Crippen molar-refractivity contribution >= 4 is 17.4 Å². The summed E-state index contributed by atoms with van der Waals surface area (Å²) in [5, 5.41) is 6.05. The molecule has 1 saturated heterocycles. The highest BCUT2D eigenvalue weighted by Gasteiger charge is 2.29. The van der Waals surface area contributed by atoms with Crippen LogP contribution in [-0.2, 0) is 9.53 Å². The molecule has 2 N–H and O–H groups in total. The van der Waals surface area contributed by atoms with Crippen LogP contribution in [0.5, 0.6) is 0 Å². The second-order valence-electron chi connectivity index (χ2n) is 5.12. The van der Waals surface area contributed by atoms with Crippen LogP contribution in [0.3, 0.4) is 0 Å². The van der Waals surface area contributed by atoms with Gasteiger partial charge in [0.1, 0.15) is 5.82 Å². The summed E-state index contributed by atoms with van der Waals surface area (Å²) in [7, 11) is 1.67. The fraction of sp³-hybridized carbons (Fsp3) is 0.600. The lowest BCUT2D eigenvalue weighted by molar-refractivity contribution is -0.118. The highest BCUT2D eigenvalue weighted by Crippen LogP contribution is 2.16. The summed E-state index contributed by atoms with van der Waals surface area (Å²) in [6.45, 7) is 6.74. The molecule has 1 aromatic rings. The van der Waals surface area contributed by atoms with Crippen molar-refractivity contribution in [1.82, 2.24) is 10.3 Å². The third-order valence-corrected chi connectivity index (χ3v) is 3.84. The van der Waals surface area contributed by atoms with Gasteiger partial charge in [0, 0.05) is 26.7 Å². The molecule has 0 spiro atoms. The minimum absolute atomic E-state index is 0.0352. The summed E-state index contributed by atoms with van der Waals surface area (Å²) in [6, 6.07) is 3.63. The molecule has 1 aliphatic rings. The second-order valence-corrected chi connectivity index (χ2v) is 5.12. The van der Waals surface area contributed by atoms with Crippen LogP contribution < -0.4 is 15.5 Å². The Balaban J connectivity index is 1.92. The molecule has 0 aromatic carbocycles. The molecule has 116 valence electrons. The molecule has 1 fully saturated rings. The van der Waals surface area contributed by atoms with E-state index in [1.165, 1.54) is 0 Å². The molecule has 21 heavy (non-hydrogen) atoms. The second kappa shape index (κ2) is 7.38. The Bertz CT molecular complexity index is 459. The number of amides is 1. The summed E-state index contributed by atoms with van der Waals surface area (Å²) in [5.41, 5.74) is 0.721. The Morgan fingerprint density at radius 2 is 2.24 bits per heavy atom. The first-order valence-electron chi connectivity index (χ1n) is 7.46. The quantitative estimate of drug-likeness (QED) is 0.826. The van der Waals surface area contributed by atoms with Crippen molar-refractivity contribution in [2.75, 3.05) is 37.0 Å². The summed E-state index contributed by atoms with van der Waals surface area (Å²) >= 11 is 0. The van der Waals surface area contributed by atoms with Crippen molar-refractivity contribution < 1.29 is 9.53 Å². The standard InChI is InChI=1S/C15H24N4O2/c1-4-19(5-2)14-7-6-11(9-17-14)18-15(20)13-8-12(21-3)10-16-13/h6-7,9,12-13,16H,4-5,8,10H2,1-3H3,(H,18,20). The minimum Gasteiger partial charge on any atom is -0.380 e. The SMILES string of the molecule is CCN(CC)c1ccc(NC(=O)C2CC(OC)CN2)cn1. The van der Waals surface area contributed by atoms with E-state index >= 15 is 0 Å². The fourth-order valence-corrected chi connectivity index (χ4v) is 2.51. The Hall–Kier alpha value is -1.66. The van der Waals surface area contributed by atoms with Gasteiger partial charge < -0.3 is 20.3 Å². The van der Waals surface area contributed by atoms with E-state index in [1.807, 2.05) is 12.1 Å². The van der Waals surface area contributed by atoms with Gasteiger partial charge in [-0.1, -0.05) is 0 Å². The molecule has 2 unspecified atom stereocenters. The van der Waals surface area contributed by atoms with Crippen LogP contribution >= 0.6 is 0 Å². The molecule has 6 heteroatoms. The smallest absolute Gasteiger partial charge is 0.241 e. The number of ether oxygens (including phenoxy) is 1. The van der Waals surface area contributed by atoms with Crippen molar-refractivity contribution in [2.45, 2.75) is 32.4 Å². The van der Waals surface area contributed by atoms with Gasteiger partial charge >= 0.3 is 0 Å². The molecule has 2 rings (SSSR count). The topological polar surface area (TPSA) is 66.5 Å². The first-order chi connectivity index (χ1) is 10.2. The highest BCUT2D eigenvalue weighted by atomic mass is 16.5. The molecule has 1 aliphatic heterocycles. The maximum atomic E-state index is 12.1. The van der Waals surface area contributed by atoms with Crippen LogP contribution in [0.1, 0.15) is 20.3 Å². The number of pyridine rings is 1. The zero-order chi connectivity index (χ0) is 15.2. The van der Waals surface area contributed by atoms with E-state index in [-0.39, 0.29) is 18.1 Å². The van der Waals surface area contributed by atoms with Crippen LogP contribution in [-0.4, -0.2) is 49.8 Å². The van der Waals surface area contributed by atoms with Crippen LogP contribution in [0, 0.1) is 0 Å². The van der Waals surface area contributed by atoms with E-state index in [9.17, 15) is 4.79 Å². The maximum Gasteiger partial charge on any atom is 0.241 e. The summed E-state index contributed by atoms with van der Waals surface area (Å²) in [5.74, 6) is 0.892. The van der Waals surface area contributed by atoms with Gasteiger partial charge in [-0.05, 0) is 32.4 Å². The van der Waals surface area contributed by atoms with Gasteiger partial charge in [-0.15, -0.1) is 0 Å². The van der Waals surface area contributed by atoms with Gasteiger partial charge in [-0.25, -0.2) is 4.98 Å². The molecule has 1 amide bonds. The largest absolute Gasteiger partial charge is 0.380 e. The predicted molar refractivity (Wildman–Crippen MR) is 83.6 cm³/mol. The Kier molecular flexibility index (Phi) is 5.52. The average Bonchev–Trinajstić information content (AvgIpc) is 2.99.